The number of nitrogens with one attached hydrogen (secondary N) is 2. The summed E-state index contributed by atoms with van der Waals surface area (Å²) in [5, 5.41) is 5.14. The molecule has 6 heteroatoms. The third-order valence-corrected chi connectivity index (χ3v) is 1.68. The Morgan fingerprint density at radius 1 is 1.27 bits per heavy atom. The molecule has 0 spiro atoms. The van der Waals surface area contributed by atoms with Crippen molar-refractivity contribution in [2.75, 3.05) is 25.6 Å². The number of carbonyl (C=O) groups is 2. The van der Waals surface area contributed by atoms with Crippen molar-refractivity contribution in [3.8, 4) is 0 Å². The van der Waals surface area contributed by atoms with Crippen molar-refractivity contribution in [1.29, 1.82) is 0 Å². The fourth-order valence-electron chi connectivity index (χ4n) is 0.737. The van der Waals surface area contributed by atoms with Crippen molar-refractivity contribution in [3.63, 3.8) is 0 Å². The highest BCUT2D eigenvalue weighted by molar-refractivity contribution is 6.18. The van der Waals surface area contributed by atoms with Gasteiger partial charge in [-0.3, -0.25) is 4.79 Å². The van der Waals surface area contributed by atoms with Crippen LogP contribution in [0.25, 0.3) is 0 Å². The van der Waals surface area contributed by atoms with E-state index >= 15 is 0 Å². The number of alkyl halides is 1. The van der Waals surface area contributed by atoms with E-state index in [0.717, 1.165) is 0 Å². The first-order chi connectivity index (χ1) is 7.07. The topological polar surface area (TPSA) is 67.4 Å². The fourth-order valence-corrected chi connectivity index (χ4v) is 0.814. The van der Waals surface area contributed by atoms with E-state index in [9.17, 15) is 9.59 Å². The van der Waals surface area contributed by atoms with Gasteiger partial charge in [-0.2, -0.15) is 0 Å². The third kappa shape index (κ3) is 8.05. The second kappa shape index (κ2) is 8.35. The Balaban J connectivity index is 3.38. The number of hydrogen-bond acceptors (Lipinski definition) is 3. The van der Waals surface area contributed by atoms with Crippen LogP contribution >= 0.6 is 11.6 Å². The molecule has 0 aromatic carbocycles. The molecule has 0 heterocycles. The Morgan fingerprint density at radius 3 is 2.40 bits per heavy atom. The van der Waals surface area contributed by atoms with Crippen molar-refractivity contribution in [2.45, 2.75) is 13.8 Å². The molecule has 88 valence electrons. The number of amides is 2. The van der Waals surface area contributed by atoms with Gasteiger partial charge < -0.3 is 15.4 Å². The summed E-state index contributed by atoms with van der Waals surface area (Å²) in [7, 11) is 0. The summed E-state index contributed by atoms with van der Waals surface area (Å²) >= 11 is 5.32. The maximum Gasteiger partial charge on any atom is 0.407 e. The zero-order valence-corrected chi connectivity index (χ0v) is 9.76. The van der Waals surface area contributed by atoms with Gasteiger partial charge in [0.05, 0.1) is 5.88 Å². The minimum atomic E-state index is -0.519. The lowest BCUT2D eigenvalue weighted by Gasteiger charge is -2.08. The summed E-state index contributed by atoms with van der Waals surface area (Å²) in [6.45, 7) is 4.54. The van der Waals surface area contributed by atoms with Gasteiger partial charge in [0.15, 0.2) is 0 Å². The number of halogens is 1. The SMILES string of the molecule is CC(C)C(=O)NCCNC(=O)OCCCl. The zero-order valence-electron chi connectivity index (χ0n) is 9.01. The van der Waals surface area contributed by atoms with Gasteiger partial charge in [-0.25, -0.2) is 4.79 Å². The van der Waals surface area contributed by atoms with Gasteiger partial charge >= 0.3 is 6.09 Å². The molecular formula is C9H17ClN2O3. The number of hydrogen-bond donors (Lipinski definition) is 2. The molecule has 0 aliphatic heterocycles. The molecule has 0 rings (SSSR count). The largest absolute Gasteiger partial charge is 0.448 e. The molecule has 2 amide bonds. The second-order valence-corrected chi connectivity index (χ2v) is 3.58. The van der Waals surface area contributed by atoms with Crippen LogP contribution in [0.15, 0.2) is 0 Å². The highest BCUT2D eigenvalue weighted by atomic mass is 35.5. The molecule has 0 saturated carbocycles. The van der Waals surface area contributed by atoms with E-state index in [-0.39, 0.29) is 24.3 Å². The van der Waals surface area contributed by atoms with Crippen molar-refractivity contribution < 1.29 is 14.3 Å². The molecule has 5 nitrogen and oxygen atoms in total. The molecule has 0 atom stereocenters. The van der Waals surface area contributed by atoms with Crippen molar-refractivity contribution >= 4 is 23.6 Å². The lowest BCUT2D eigenvalue weighted by molar-refractivity contribution is -0.123. The second-order valence-electron chi connectivity index (χ2n) is 3.20. The standard InChI is InChI=1S/C9H17ClN2O3/c1-7(2)8(13)11-4-5-12-9(14)15-6-3-10/h7H,3-6H2,1-2H3,(H,11,13)(H,12,14). The van der Waals surface area contributed by atoms with E-state index in [4.69, 9.17) is 11.6 Å². The summed E-state index contributed by atoms with van der Waals surface area (Å²) in [6, 6.07) is 0. The summed E-state index contributed by atoms with van der Waals surface area (Å²) < 4.78 is 4.65. The van der Waals surface area contributed by atoms with Crippen LogP contribution in [0, 0.1) is 5.92 Å². The molecule has 0 aromatic heterocycles. The van der Waals surface area contributed by atoms with Crippen LogP contribution in [0.1, 0.15) is 13.8 Å². The summed E-state index contributed by atoms with van der Waals surface area (Å²) in [5.41, 5.74) is 0. The van der Waals surface area contributed by atoms with Gasteiger partial charge in [-0.1, -0.05) is 13.8 Å². The van der Waals surface area contributed by atoms with Crippen LogP contribution in [-0.4, -0.2) is 37.6 Å². The van der Waals surface area contributed by atoms with Gasteiger partial charge in [-0.05, 0) is 0 Å². The van der Waals surface area contributed by atoms with E-state index in [0.29, 0.717) is 13.1 Å². The van der Waals surface area contributed by atoms with E-state index in [1.807, 2.05) is 0 Å². The van der Waals surface area contributed by atoms with Crippen LogP contribution in [0.4, 0.5) is 4.79 Å². The van der Waals surface area contributed by atoms with Crippen LogP contribution in [0.3, 0.4) is 0 Å². The molecule has 0 saturated heterocycles. The molecule has 15 heavy (non-hydrogen) atoms. The zero-order chi connectivity index (χ0) is 11.7. The van der Waals surface area contributed by atoms with Gasteiger partial charge in [0.1, 0.15) is 6.61 Å². The van der Waals surface area contributed by atoms with Gasteiger partial charge in [0.2, 0.25) is 5.91 Å². The molecule has 0 aliphatic carbocycles. The molecule has 2 N–H and O–H groups in total. The summed E-state index contributed by atoms with van der Waals surface area (Å²) in [6.07, 6.45) is -0.519. The van der Waals surface area contributed by atoms with Crippen LogP contribution in [0.2, 0.25) is 0 Å². The quantitative estimate of drug-likeness (QED) is 0.528. The number of ether oxygens (including phenoxy) is 1. The Hall–Kier alpha value is -0.970. The Labute approximate surface area is 94.5 Å². The Morgan fingerprint density at radius 2 is 1.87 bits per heavy atom. The predicted molar refractivity (Wildman–Crippen MR) is 57.9 cm³/mol. The predicted octanol–water partition coefficient (Wildman–Crippen LogP) is 0.724. The highest BCUT2D eigenvalue weighted by Gasteiger charge is 2.05. The lowest BCUT2D eigenvalue weighted by Crippen LogP contribution is -2.36. The third-order valence-electron chi connectivity index (χ3n) is 1.53. The number of alkyl carbamates (subject to hydrolysis) is 1. The van der Waals surface area contributed by atoms with E-state index in [1.54, 1.807) is 13.8 Å². The monoisotopic (exact) mass is 236 g/mol. The number of carbonyl (C=O) groups excluding carboxylic acids is 2. The highest BCUT2D eigenvalue weighted by Crippen LogP contribution is 1.89. The Bertz CT molecular complexity index is 210. The van der Waals surface area contributed by atoms with Crippen molar-refractivity contribution in [2.24, 2.45) is 5.92 Å². The first kappa shape index (κ1) is 14.0. The molecule has 0 fully saturated rings. The lowest BCUT2D eigenvalue weighted by atomic mass is 10.2. The van der Waals surface area contributed by atoms with Gasteiger partial charge in [-0.15, -0.1) is 11.6 Å². The maximum atomic E-state index is 11.1. The van der Waals surface area contributed by atoms with E-state index in [1.165, 1.54) is 0 Å². The minimum absolute atomic E-state index is 0.0362. The minimum Gasteiger partial charge on any atom is -0.448 e. The molecule has 0 aliphatic rings. The molecule has 0 bridgehead atoms. The molecular weight excluding hydrogens is 220 g/mol. The molecule has 0 radical (unpaired) electrons. The Kier molecular flexibility index (Phi) is 7.81. The maximum absolute atomic E-state index is 11.1. The molecule has 0 aromatic rings. The van der Waals surface area contributed by atoms with Gasteiger partial charge in [0, 0.05) is 19.0 Å². The number of rotatable bonds is 6. The van der Waals surface area contributed by atoms with Crippen molar-refractivity contribution in [3.05, 3.63) is 0 Å². The van der Waals surface area contributed by atoms with E-state index < -0.39 is 6.09 Å². The van der Waals surface area contributed by atoms with Gasteiger partial charge in [0.25, 0.3) is 0 Å². The smallest absolute Gasteiger partial charge is 0.407 e. The first-order valence-corrected chi connectivity index (χ1v) is 5.35. The summed E-state index contributed by atoms with van der Waals surface area (Å²) in [5.74, 6) is 0.191. The normalized spacial score (nSPS) is 9.87. The van der Waals surface area contributed by atoms with Crippen LogP contribution < -0.4 is 10.6 Å². The average molecular weight is 237 g/mol. The average Bonchev–Trinajstić information content (AvgIpc) is 2.20. The van der Waals surface area contributed by atoms with Crippen LogP contribution in [-0.2, 0) is 9.53 Å². The summed E-state index contributed by atoms with van der Waals surface area (Å²) in [4.78, 5) is 22.0. The van der Waals surface area contributed by atoms with E-state index in [2.05, 4.69) is 15.4 Å². The molecule has 0 unspecified atom stereocenters. The van der Waals surface area contributed by atoms with Crippen LogP contribution in [0.5, 0.6) is 0 Å². The van der Waals surface area contributed by atoms with Crippen molar-refractivity contribution in [1.82, 2.24) is 10.6 Å². The fraction of sp³-hybridized carbons (Fsp3) is 0.778. The first-order valence-electron chi connectivity index (χ1n) is 4.82.